The summed E-state index contributed by atoms with van der Waals surface area (Å²) in [5.41, 5.74) is 3.22. The number of allylic oxidation sites excluding steroid dienone is 1. The third-order valence-electron chi connectivity index (χ3n) is 9.85. The number of halogens is 1. The fourth-order valence-corrected chi connectivity index (χ4v) is 7.23. The van der Waals surface area contributed by atoms with E-state index in [4.69, 9.17) is 21.4 Å². The minimum Gasteiger partial charge on any atom is -0.494 e. The van der Waals surface area contributed by atoms with Gasteiger partial charge in [0.05, 0.1) is 36.3 Å². The zero-order valence-electron chi connectivity index (χ0n) is 30.1. The largest absolute Gasteiger partial charge is 0.494 e. The van der Waals surface area contributed by atoms with Gasteiger partial charge in [0.15, 0.2) is 5.60 Å². The highest BCUT2D eigenvalue weighted by Gasteiger charge is 2.52. The first-order valence-electron chi connectivity index (χ1n) is 18.2. The average molecular weight is 743 g/mol. The molecular weight excluding hydrogens is 696 g/mol. The van der Waals surface area contributed by atoms with Crippen LogP contribution in [0.4, 0.5) is 17.1 Å². The molecule has 3 heterocycles. The minimum atomic E-state index is -1.83. The fraction of sp³-hybridized carbons (Fsp3) is 0.400. The van der Waals surface area contributed by atoms with E-state index in [0.717, 1.165) is 29.0 Å². The van der Waals surface area contributed by atoms with Crippen molar-refractivity contribution in [2.75, 3.05) is 36.2 Å². The van der Waals surface area contributed by atoms with E-state index in [1.165, 1.54) is 0 Å². The first-order valence-corrected chi connectivity index (χ1v) is 18.6. The molecule has 4 aromatic rings. The normalized spacial score (nSPS) is 18.9. The Hall–Kier alpha value is -4.59. The number of carbonyl (C=O) groups is 2. The Bertz CT molecular complexity index is 1930. The van der Waals surface area contributed by atoms with E-state index in [1.807, 2.05) is 68.5 Å². The van der Waals surface area contributed by atoms with Crippen molar-refractivity contribution in [2.45, 2.75) is 70.7 Å². The van der Waals surface area contributed by atoms with E-state index in [2.05, 4.69) is 15.6 Å². The number of nitrogens with zero attached hydrogens (tertiary/aromatic N) is 5. The lowest BCUT2D eigenvalue weighted by molar-refractivity contribution is -0.139. The zero-order valence-corrected chi connectivity index (χ0v) is 30.9. The molecule has 3 atom stereocenters. The number of nitrogens with one attached hydrogen (secondary N) is 1. The number of ether oxygens (including phenoxy) is 1. The molecule has 280 valence electrons. The second-order valence-electron chi connectivity index (χ2n) is 13.5. The van der Waals surface area contributed by atoms with Crippen LogP contribution < -0.4 is 19.9 Å². The van der Waals surface area contributed by atoms with Gasteiger partial charge >= 0.3 is 0 Å². The summed E-state index contributed by atoms with van der Waals surface area (Å²) in [6.07, 6.45) is 8.54. The number of unbranched alkanes of at least 4 members (excludes halogenated alkanes) is 1. The molecule has 0 aliphatic carbocycles. The van der Waals surface area contributed by atoms with Gasteiger partial charge in [-0.15, -0.1) is 5.10 Å². The van der Waals surface area contributed by atoms with Crippen molar-refractivity contribution in [1.82, 2.24) is 20.3 Å². The van der Waals surface area contributed by atoms with Crippen LogP contribution in [0, 0.1) is 5.92 Å². The van der Waals surface area contributed by atoms with E-state index in [1.54, 1.807) is 38.9 Å². The molecule has 0 bridgehead atoms. The van der Waals surface area contributed by atoms with Gasteiger partial charge in [-0.3, -0.25) is 19.2 Å². The summed E-state index contributed by atoms with van der Waals surface area (Å²) in [6.45, 7) is 5.77. The van der Waals surface area contributed by atoms with Crippen LogP contribution in [-0.4, -0.2) is 74.5 Å². The van der Waals surface area contributed by atoms with Gasteiger partial charge in [0, 0.05) is 54.6 Å². The SMILES string of the molecule is CCOc1ccc2c(c1)CC(NCCCCO)C(=O)N2c1ccc(CN2C(=O)[C@](O)([C@H](C)/C=C/CCn3cc(CCO)nn3)c3cc(Cl)ccc32)cc1. The number of aryl methyl sites for hydroxylation is 1. The molecule has 0 spiro atoms. The van der Waals surface area contributed by atoms with Gasteiger partial charge in [-0.2, -0.15) is 0 Å². The number of rotatable bonds is 17. The van der Waals surface area contributed by atoms with E-state index < -0.39 is 23.5 Å². The average Bonchev–Trinajstić information content (AvgIpc) is 3.69. The predicted octanol–water partition coefficient (Wildman–Crippen LogP) is 4.83. The third kappa shape index (κ3) is 8.17. The molecular formula is C40H47ClN6O6. The summed E-state index contributed by atoms with van der Waals surface area (Å²) in [5, 5.41) is 42.4. The summed E-state index contributed by atoms with van der Waals surface area (Å²) < 4.78 is 7.46. The second kappa shape index (κ2) is 17.0. The third-order valence-corrected chi connectivity index (χ3v) is 10.1. The molecule has 1 aromatic heterocycles. The number of fused-ring (bicyclic) bond motifs is 2. The highest BCUT2D eigenvalue weighted by Crippen LogP contribution is 2.47. The summed E-state index contributed by atoms with van der Waals surface area (Å²) in [5.74, 6) is -0.337. The summed E-state index contributed by atoms with van der Waals surface area (Å²) in [4.78, 5) is 31.4. The van der Waals surface area contributed by atoms with E-state index in [-0.39, 0.29) is 25.7 Å². The minimum absolute atomic E-state index is 0.00758. The number of hydrogen-bond donors (Lipinski definition) is 4. The van der Waals surface area contributed by atoms with Crippen molar-refractivity contribution in [3.05, 3.63) is 106 Å². The van der Waals surface area contributed by atoms with Gasteiger partial charge in [-0.05, 0) is 98.8 Å². The van der Waals surface area contributed by atoms with E-state index >= 15 is 0 Å². The Balaban J connectivity index is 1.20. The summed E-state index contributed by atoms with van der Waals surface area (Å²) in [7, 11) is 0. The number of hydrogen-bond acceptors (Lipinski definition) is 9. The number of carbonyl (C=O) groups excluding carboxylic acids is 2. The monoisotopic (exact) mass is 742 g/mol. The number of anilines is 3. The lowest BCUT2D eigenvalue weighted by Gasteiger charge is -2.35. The lowest BCUT2D eigenvalue weighted by atomic mass is 9.83. The molecule has 3 aromatic carbocycles. The Labute approximate surface area is 314 Å². The molecule has 2 aliphatic rings. The maximum atomic E-state index is 14.2. The van der Waals surface area contributed by atoms with Crippen LogP contribution in [0.15, 0.2) is 79.0 Å². The molecule has 0 saturated carbocycles. The Morgan fingerprint density at radius 2 is 1.85 bits per heavy atom. The standard InChI is InChI=1S/C40H47ClN6O6/c1-3-53-33-14-16-36-29(22-33)23-35(42-18-5-7-20-48)38(50)47(36)32-12-9-28(10-13-32)25-46-37-15-11-30(41)24-34(37)40(52,39(46)51)27(2)8-4-6-19-45-26-31(17-21-49)43-44-45/h4,8-16,22,24,26-27,35,42,48-49,52H,3,5-7,17-21,23,25H2,1-2H3/b8-4+/t27-,35?,40+/m1/s1. The Morgan fingerprint density at radius 3 is 2.60 bits per heavy atom. The highest BCUT2D eigenvalue weighted by molar-refractivity contribution is 6.31. The smallest absolute Gasteiger partial charge is 0.264 e. The van der Waals surface area contributed by atoms with Crippen LogP contribution in [-0.2, 0) is 41.1 Å². The van der Waals surface area contributed by atoms with Crippen LogP contribution in [0.25, 0.3) is 0 Å². The maximum absolute atomic E-state index is 14.2. The van der Waals surface area contributed by atoms with Crippen LogP contribution >= 0.6 is 11.6 Å². The Morgan fingerprint density at radius 1 is 1.06 bits per heavy atom. The van der Waals surface area contributed by atoms with Crippen molar-refractivity contribution in [2.24, 2.45) is 5.92 Å². The van der Waals surface area contributed by atoms with Crippen LogP contribution in [0.5, 0.6) is 5.75 Å². The zero-order chi connectivity index (χ0) is 37.5. The molecule has 6 rings (SSSR count). The lowest BCUT2D eigenvalue weighted by Crippen LogP contribution is -2.49. The first-order chi connectivity index (χ1) is 25.7. The number of aliphatic hydroxyl groups excluding tert-OH is 2. The number of aromatic nitrogens is 3. The van der Waals surface area contributed by atoms with Gasteiger partial charge < -0.3 is 30.3 Å². The molecule has 13 heteroatoms. The Kier molecular flexibility index (Phi) is 12.3. The molecule has 0 fully saturated rings. The van der Waals surface area contributed by atoms with Crippen LogP contribution in [0.1, 0.15) is 55.5 Å². The molecule has 12 nitrogen and oxygen atoms in total. The molecule has 0 radical (unpaired) electrons. The molecule has 4 N–H and O–H groups in total. The molecule has 1 unspecified atom stereocenters. The van der Waals surface area contributed by atoms with Gasteiger partial charge in [0.2, 0.25) is 5.91 Å². The predicted molar refractivity (Wildman–Crippen MR) is 203 cm³/mol. The van der Waals surface area contributed by atoms with Crippen molar-refractivity contribution >= 4 is 40.5 Å². The van der Waals surface area contributed by atoms with Gasteiger partial charge in [0.25, 0.3) is 5.91 Å². The van der Waals surface area contributed by atoms with Gasteiger partial charge in [-0.25, -0.2) is 0 Å². The number of benzene rings is 3. The van der Waals surface area contributed by atoms with Crippen LogP contribution in [0.3, 0.4) is 0 Å². The first kappa shape index (κ1) is 38.1. The molecule has 2 amide bonds. The van der Waals surface area contributed by atoms with Gasteiger partial charge in [-0.1, -0.05) is 48.0 Å². The number of aliphatic hydroxyl groups is 3. The second-order valence-corrected chi connectivity index (χ2v) is 13.9. The highest BCUT2D eigenvalue weighted by atomic mass is 35.5. The summed E-state index contributed by atoms with van der Waals surface area (Å²) in [6, 6.07) is 18.0. The fourth-order valence-electron chi connectivity index (χ4n) is 7.05. The topological polar surface area (TPSA) is 153 Å². The maximum Gasteiger partial charge on any atom is 0.264 e. The van der Waals surface area contributed by atoms with E-state index in [0.29, 0.717) is 73.0 Å². The molecule has 53 heavy (non-hydrogen) atoms. The number of amides is 2. The van der Waals surface area contributed by atoms with E-state index in [9.17, 15) is 19.8 Å². The van der Waals surface area contributed by atoms with Crippen molar-refractivity contribution in [3.8, 4) is 5.75 Å². The summed E-state index contributed by atoms with van der Waals surface area (Å²) >= 11 is 6.40. The quantitative estimate of drug-likeness (QED) is 0.0880. The van der Waals surface area contributed by atoms with Crippen molar-refractivity contribution in [1.29, 1.82) is 0 Å². The van der Waals surface area contributed by atoms with Gasteiger partial charge in [0.1, 0.15) is 5.75 Å². The molecule has 2 aliphatic heterocycles. The molecule has 0 saturated heterocycles. The van der Waals surface area contributed by atoms with Crippen molar-refractivity contribution in [3.63, 3.8) is 0 Å². The van der Waals surface area contributed by atoms with Crippen LogP contribution in [0.2, 0.25) is 5.02 Å². The van der Waals surface area contributed by atoms with Crippen molar-refractivity contribution < 1.29 is 29.6 Å².